The van der Waals surface area contributed by atoms with Crippen LogP contribution in [0.2, 0.25) is 0 Å². The first-order valence-electron chi connectivity index (χ1n) is 5.56. The molecule has 0 atom stereocenters. The molecule has 1 aromatic heterocycles. The van der Waals surface area contributed by atoms with Gasteiger partial charge in [0.2, 0.25) is 0 Å². The van der Waals surface area contributed by atoms with Gasteiger partial charge in [0.15, 0.2) is 0 Å². The Morgan fingerprint density at radius 1 is 1.22 bits per heavy atom. The van der Waals surface area contributed by atoms with E-state index >= 15 is 0 Å². The molecule has 0 saturated carbocycles. The van der Waals surface area contributed by atoms with Crippen LogP contribution in [0.3, 0.4) is 0 Å². The molecule has 0 aliphatic heterocycles. The Labute approximate surface area is 114 Å². The zero-order chi connectivity index (χ0) is 13.1. The lowest BCUT2D eigenvalue weighted by Gasteiger charge is -2.06. The van der Waals surface area contributed by atoms with Crippen molar-refractivity contribution in [3.8, 4) is 0 Å². The highest BCUT2D eigenvalue weighted by atomic mass is 79.9. The third kappa shape index (κ3) is 2.96. The molecule has 0 unspecified atom stereocenters. The van der Waals surface area contributed by atoms with Crippen molar-refractivity contribution in [2.24, 2.45) is 0 Å². The van der Waals surface area contributed by atoms with E-state index in [9.17, 15) is 4.79 Å². The van der Waals surface area contributed by atoms with Gasteiger partial charge in [0, 0.05) is 16.2 Å². The van der Waals surface area contributed by atoms with Crippen molar-refractivity contribution in [1.82, 2.24) is 4.98 Å². The zero-order valence-electron chi connectivity index (χ0n) is 10.2. The SMILES string of the molecule is Cc1ccnc(NC(=O)c2ccc(C)c(Br)c2)c1. The van der Waals surface area contributed by atoms with E-state index in [1.54, 1.807) is 18.3 Å². The number of nitrogens with zero attached hydrogens (tertiary/aromatic N) is 1. The molecule has 0 spiro atoms. The fourth-order valence-corrected chi connectivity index (χ4v) is 1.91. The van der Waals surface area contributed by atoms with E-state index < -0.39 is 0 Å². The molecule has 1 heterocycles. The van der Waals surface area contributed by atoms with Crippen molar-refractivity contribution in [3.05, 3.63) is 57.7 Å². The molecule has 2 aromatic rings. The van der Waals surface area contributed by atoms with Crippen molar-refractivity contribution in [2.45, 2.75) is 13.8 Å². The van der Waals surface area contributed by atoms with Crippen molar-refractivity contribution in [2.75, 3.05) is 5.32 Å². The fourth-order valence-electron chi connectivity index (χ4n) is 1.53. The number of rotatable bonds is 2. The van der Waals surface area contributed by atoms with Crippen molar-refractivity contribution in [1.29, 1.82) is 0 Å². The summed E-state index contributed by atoms with van der Waals surface area (Å²) in [7, 11) is 0. The molecule has 2 rings (SSSR count). The van der Waals surface area contributed by atoms with Gasteiger partial charge in [0.05, 0.1) is 0 Å². The lowest BCUT2D eigenvalue weighted by atomic mass is 10.1. The average Bonchev–Trinajstić information content (AvgIpc) is 2.32. The van der Waals surface area contributed by atoms with Gasteiger partial charge in [-0.25, -0.2) is 4.98 Å². The summed E-state index contributed by atoms with van der Waals surface area (Å²) >= 11 is 3.42. The number of aromatic nitrogens is 1. The van der Waals surface area contributed by atoms with E-state index in [1.807, 2.05) is 32.0 Å². The van der Waals surface area contributed by atoms with Crippen LogP contribution in [-0.2, 0) is 0 Å². The third-order valence-corrected chi connectivity index (χ3v) is 3.45. The quantitative estimate of drug-likeness (QED) is 0.919. The van der Waals surface area contributed by atoms with Crippen LogP contribution < -0.4 is 5.32 Å². The van der Waals surface area contributed by atoms with Crippen molar-refractivity contribution in [3.63, 3.8) is 0 Å². The number of hydrogen-bond acceptors (Lipinski definition) is 2. The summed E-state index contributed by atoms with van der Waals surface area (Å²) in [5, 5.41) is 2.77. The summed E-state index contributed by atoms with van der Waals surface area (Å²) in [6.45, 7) is 3.94. The highest BCUT2D eigenvalue weighted by Crippen LogP contribution is 2.18. The van der Waals surface area contributed by atoms with E-state index in [0.29, 0.717) is 11.4 Å². The maximum absolute atomic E-state index is 12.0. The minimum Gasteiger partial charge on any atom is -0.307 e. The molecule has 92 valence electrons. The topological polar surface area (TPSA) is 42.0 Å². The number of carbonyl (C=O) groups excluding carboxylic acids is 1. The zero-order valence-corrected chi connectivity index (χ0v) is 11.8. The smallest absolute Gasteiger partial charge is 0.256 e. The number of nitrogens with one attached hydrogen (secondary N) is 1. The summed E-state index contributed by atoms with van der Waals surface area (Å²) in [5.41, 5.74) is 2.77. The van der Waals surface area contributed by atoms with Crippen LogP contribution in [0.4, 0.5) is 5.82 Å². The molecular weight excluding hydrogens is 292 g/mol. The molecule has 3 nitrogen and oxygen atoms in total. The predicted molar refractivity (Wildman–Crippen MR) is 75.8 cm³/mol. The third-order valence-electron chi connectivity index (χ3n) is 2.59. The molecule has 0 saturated heterocycles. The predicted octanol–water partition coefficient (Wildman–Crippen LogP) is 3.71. The molecule has 0 bridgehead atoms. The highest BCUT2D eigenvalue weighted by Gasteiger charge is 2.08. The van der Waals surface area contributed by atoms with Gasteiger partial charge < -0.3 is 5.32 Å². The van der Waals surface area contributed by atoms with E-state index in [4.69, 9.17) is 0 Å². The average molecular weight is 305 g/mol. The van der Waals surface area contributed by atoms with Gasteiger partial charge in [0.1, 0.15) is 5.82 Å². The molecule has 0 fully saturated rings. The first-order chi connectivity index (χ1) is 8.56. The molecule has 1 N–H and O–H groups in total. The van der Waals surface area contributed by atoms with Crippen LogP contribution in [0.5, 0.6) is 0 Å². The van der Waals surface area contributed by atoms with Gasteiger partial charge in [-0.2, -0.15) is 0 Å². The number of anilines is 1. The summed E-state index contributed by atoms with van der Waals surface area (Å²) in [4.78, 5) is 16.1. The first-order valence-corrected chi connectivity index (χ1v) is 6.36. The van der Waals surface area contributed by atoms with Gasteiger partial charge in [0.25, 0.3) is 5.91 Å². The number of aryl methyl sites for hydroxylation is 2. The fraction of sp³-hybridized carbons (Fsp3) is 0.143. The summed E-state index contributed by atoms with van der Waals surface area (Å²) in [5.74, 6) is 0.408. The second-order valence-corrected chi connectivity index (χ2v) is 4.99. The monoisotopic (exact) mass is 304 g/mol. The van der Waals surface area contributed by atoms with Crippen LogP contribution in [-0.4, -0.2) is 10.9 Å². The minimum absolute atomic E-state index is 0.159. The Morgan fingerprint density at radius 3 is 2.67 bits per heavy atom. The number of benzene rings is 1. The van der Waals surface area contributed by atoms with E-state index in [-0.39, 0.29) is 5.91 Å². The van der Waals surface area contributed by atoms with Crippen molar-refractivity contribution < 1.29 is 4.79 Å². The van der Waals surface area contributed by atoms with Crippen LogP contribution in [0, 0.1) is 13.8 Å². The Bertz CT molecular complexity index is 596. The van der Waals surface area contributed by atoms with Crippen LogP contribution in [0.1, 0.15) is 21.5 Å². The van der Waals surface area contributed by atoms with Gasteiger partial charge in [-0.1, -0.05) is 22.0 Å². The maximum Gasteiger partial charge on any atom is 0.256 e. The van der Waals surface area contributed by atoms with Gasteiger partial charge >= 0.3 is 0 Å². The number of hydrogen-bond donors (Lipinski definition) is 1. The van der Waals surface area contributed by atoms with E-state index in [0.717, 1.165) is 15.6 Å². The van der Waals surface area contributed by atoms with Crippen LogP contribution in [0.25, 0.3) is 0 Å². The molecular formula is C14H13BrN2O. The van der Waals surface area contributed by atoms with Crippen molar-refractivity contribution >= 4 is 27.7 Å². The molecule has 0 aliphatic rings. The number of halogens is 1. The number of amides is 1. The van der Waals surface area contributed by atoms with Gasteiger partial charge in [-0.15, -0.1) is 0 Å². The summed E-state index contributed by atoms with van der Waals surface area (Å²) in [6, 6.07) is 9.23. The molecule has 0 aliphatic carbocycles. The maximum atomic E-state index is 12.0. The normalized spacial score (nSPS) is 10.2. The second kappa shape index (κ2) is 5.31. The summed E-state index contributed by atoms with van der Waals surface area (Å²) in [6.07, 6.45) is 1.68. The Morgan fingerprint density at radius 2 is 2.00 bits per heavy atom. The lowest BCUT2D eigenvalue weighted by molar-refractivity contribution is 0.102. The van der Waals surface area contributed by atoms with Gasteiger partial charge in [-0.05, 0) is 49.2 Å². The largest absolute Gasteiger partial charge is 0.307 e. The molecule has 4 heteroatoms. The Balaban J connectivity index is 2.19. The minimum atomic E-state index is -0.159. The Hall–Kier alpha value is -1.68. The molecule has 18 heavy (non-hydrogen) atoms. The first kappa shape index (κ1) is 12.8. The van der Waals surface area contributed by atoms with E-state index in [2.05, 4.69) is 26.2 Å². The van der Waals surface area contributed by atoms with Crippen LogP contribution in [0.15, 0.2) is 41.0 Å². The molecule has 1 aromatic carbocycles. The van der Waals surface area contributed by atoms with Gasteiger partial charge in [-0.3, -0.25) is 4.79 Å². The van der Waals surface area contributed by atoms with Crippen LogP contribution >= 0.6 is 15.9 Å². The Kier molecular flexibility index (Phi) is 3.77. The lowest BCUT2D eigenvalue weighted by Crippen LogP contribution is -2.13. The standard InChI is InChI=1S/C14H13BrN2O/c1-9-5-6-16-13(7-9)17-14(18)11-4-3-10(2)12(15)8-11/h3-8H,1-2H3,(H,16,17,18). The second-order valence-electron chi connectivity index (χ2n) is 4.14. The molecule has 1 amide bonds. The molecule has 0 radical (unpaired) electrons. The number of carbonyl (C=O) groups is 1. The highest BCUT2D eigenvalue weighted by molar-refractivity contribution is 9.10. The number of pyridine rings is 1. The summed E-state index contributed by atoms with van der Waals surface area (Å²) < 4.78 is 0.923. The van der Waals surface area contributed by atoms with E-state index in [1.165, 1.54) is 0 Å².